The lowest BCUT2D eigenvalue weighted by Gasteiger charge is -2.34. The smallest absolute Gasteiger partial charge is 0.251 e. The summed E-state index contributed by atoms with van der Waals surface area (Å²) in [7, 11) is -5.66. The Balaban J connectivity index is 1.66. The minimum Gasteiger partial charge on any atom is -0.348 e. The Morgan fingerprint density at radius 1 is 0.970 bits per heavy atom. The number of carbonyl (C=O) groups excluding carboxylic acids is 1. The fourth-order valence-corrected chi connectivity index (χ4v) is 6.58. The first-order valence-corrected chi connectivity index (χ1v) is 14.0. The summed E-state index contributed by atoms with van der Waals surface area (Å²) < 4.78 is 53.3. The van der Waals surface area contributed by atoms with Crippen molar-refractivity contribution in [2.45, 2.75) is 37.5 Å². The van der Waals surface area contributed by atoms with Crippen molar-refractivity contribution in [3.05, 3.63) is 65.2 Å². The third kappa shape index (κ3) is 6.63. The average molecular weight is 494 g/mol. The number of hydrogen-bond acceptors (Lipinski definition) is 5. The van der Waals surface area contributed by atoms with Gasteiger partial charge in [0.1, 0.15) is 0 Å². The SMILES string of the molecule is CNS(=O)(=O)Cc1ccc(CNC(=O)c2cccc(S(=O)(=O)N3C[C@H](C)C[C@@H](C)C3)c2)cc1. The van der Waals surface area contributed by atoms with E-state index in [9.17, 15) is 21.6 Å². The summed E-state index contributed by atoms with van der Waals surface area (Å²) in [4.78, 5) is 12.8. The highest BCUT2D eigenvalue weighted by Crippen LogP contribution is 2.27. The Morgan fingerprint density at radius 2 is 1.58 bits per heavy atom. The van der Waals surface area contributed by atoms with Crippen LogP contribution in [0.3, 0.4) is 0 Å². The molecule has 0 aromatic heterocycles. The molecule has 1 aliphatic heterocycles. The lowest BCUT2D eigenvalue weighted by atomic mass is 9.94. The second kappa shape index (κ2) is 10.3. The van der Waals surface area contributed by atoms with Crippen LogP contribution in [0.4, 0.5) is 0 Å². The van der Waals surface area contributed by atoms with E-state index in [0.29, 0.717) is 30.5 Å². The molecule has 0 spiro atoms. The van der Waals surface area contributed by atoms with Gasteiger partial charge in [0.15, 0.2) is 0 Å². The van der Waals surface area contributed by atoms with Crippen molar-refractivity contribution in [1.82, 2.24) is 14.3 Å². The van der Waals surface area contributed by atoms with Crippen LogP contribution in [0.2, 0.25) is 0 Å². The van der Waals surface area contributed by atoms with Gasteiger partial charge in [-0.3, -0.25) is 4.79 Å². The molecule has 2 aromatic carbocycles. The minimum atomic E-state index is -3.67. The molecule has 0 aliphatic carbocycles. The number of nitrogens with zero attached hydrogens (tertiary/aromatic N) is 1. The zero-order valence-corrected chi connectivity index (χ0v) is 20.7. The maximum Gasteiger partial charge on any atom is 0.251 e. The Morgan fingerprint density at radius 3 is 2.18 bits per heavy atom. The maximum atomic E-state index is 13.1. The van der Waals surface area contributed by atoms with E-state index in [4.69, 9.17) is 0 Å². The van der Waals surface area contributed by atoms with Gasteiger partial charge < -0.3 is 5.32 Å². The summed E-state index contributed by atoms with van der Waals surface area (Å²) in [5, 5.41) is 2.79. The lowest BCUT2D eigenvalue weighted by Crippen LogP contribution is -2.42. The highest BCUT2D eigenvalue weighted by Gasteiger charge is 2.31. The van der Waals surface area contributed by atoms with Crippen molar-refractivity contribution >= 4 is 26.0 Å². The number of nitrogens with one attached hydrogen (secondary N) is 2. The third-order valence-electron chi connectivity index (χ3n) is 5.71. The van der Waals surface area contributed by atoms with Crippen LogP contribution < -0.4 is 10.0 Å². The van der Waals surface area contributed by atoms with Gasteiger partial charge in [0, 0.05) is 25.2 Å². The van der Waals surface area contributed by atoms with Gasteiger partial charge in [-0.05, 0) is 54.6 Å². The Kier molecular flexibility index (Phi) is 7.94. The highest BCUT2D eigenvalue weighted by molar-refractivity contribution is 7.89. The monoisotopic (exact) mass is 493 g/mol. The summed E-state index contributed by atoms with van der Waals surface area (Å²) >= 11 is 0. The first-order valence-electron chi connectivity index (χ1n) is 10.9. The van der Waals surface area contributed by atoms with Gasteiger partial charge in [-0.1, -0.05) is 44.2 Å². The predicted octanol–water partition coefficient (Wildman–Crippen LogP) is 2.33. The summed E-state index contributed by atoms with van der Waals surface area (Å²) in [6.45, 7) is 5.29. The zero-order chi connectivity index (χ0) is 24.2. The molecule has 2 aromatic rings. The van der Waals surface area contributed by atoms with E-state index in [0.717, 1.165) is 12.0 Å². The van der Waals surface area contributed by atoms with Gasteiger partial charge in [-0.25, -0.2) is 21.6 Å². The molecular weight excluding hydrogens is 462 g/mol. The molecule has 33 heavy (non-hydrogen) atoms. The Bertz CT molecular complexity index is 1180. The second-order valence-corrected chi connectivity index (χ2v) is 12.6. The van der Waals surface area contributed by atoms with Crippen molar-refractivity contribution in [2.75, 3.05) is 20.1 Å². The minimum absolute atomic E-state index is 0.117. The molecule has 3 rings (SSSR count). The molecule has 1 fully saturated rings. The largest absolute Gasteiger partial charge is 0.348 e. The quantitative estimate of drug-likeness (QED) is 0.586. The molecule has 1 saturated heterocycles. The van der Waals surface area contributed by atoms with Crippen LogP contribution in [0.1, 0.15) is 41.8 Å². The molecular formula is C23H31N3O5S2. The maximum absolute atomic E-state index is 13.1. The van der Waals surface area contributed by atoms with Crippen molar-refractivity contribution < 1.29 is 21.6 Å². The van der Waals surface area contributed by atoms with Gasteiger partial charge in [0.05, 0.1) is 10.6 Å². The molecule has 0 saturated carbocycles. The van der Waals surface area contributed by atoms with E-state index < -0.39 is 20.0 Å². The van der Waals surface area contributed by atoms with Crippen molar-refractivity contribution in [1.29, 1.82) is 0 Å². The second-order valence-electron chi connectivity index (χ2n) is 8.76. The van der Waals surface area contributed by atoms with Gasteiger partial charge in [0.2, 0.25) is 20.0 Å². The first-order chi connectivity index (χ1) is 15.5. The number of sulfonamides is 2. The molecule has 1 aliphatic rings. The number of benzene rings is 2. The molecule has 1 amide bonds. The normalized spacial score (nSPS) is 19.8. The molecule has 0 unspecified atom stereocenters. The average Bonchev–Trinajstić information content (AvgIpc) is 2.77. The van der Waals surface area contributed by atoms with Crippen LogP contribution in [0, 0.1) is 11.8 Å². The number of hydrogen-bond donors (Lipinski definition) is 2. The van der Waals surface area contributed by atoms with Crippen molar-refractivity contribution in [3.8, 4) is 0 Å². The first kappa shape index (κ1) is 25.4. The molecule has 180 valence electrons. The zero-order valence-electron chi connectivity index (χ0n) is 19.1. The van der Waals surface area contributed by atoms with E-state index >= 15 is 0 Å². The Hall–Kier alpha value is -2.27. The van der Waals surface area contributed by atoms with Gasteiger partial charge in [-0.15, -0.1) is 0 Å². The number of carbonyl (C=O) groups is 1. The van der Waals surface area contributed by atoms with E-state index in [2.05, 4.69) is 10.0 Å². The highest BCUT2D eigenvalue weighted by atomic mass is 32.2. The van der Waals surface area contributed by atoms with E-state index in [-0.39, 0.29) is 28.7 Å². The van der Waals surface area contributed by atoms with Crippen LogP contribution in [0.25, 0.3) is 0 Å². The van der Waals surface area contributed by atoms with Crippen LogP contribution in [-0.2, 0) is 32.3 Å². The van der Waals surface area contributed by atoms with Crippen LogP contribution >= 0.6 is 0 Å². The van der Waals surface area contributed by atoms with E-state index in [1.165, 1.54) is 23.5 Å². The summed E-state index contributed by atoms with van der Waals surface area (Å²) in [5.41, 5.74) is 1.71. The van der Waals surface area contributed by atoms with Crippen LogP contribution in [0.15, 0.2) is 53.4 Å². The molecule has 10 heteroatoms. The lowest BCUT2D eigenvalue weighted by molar-refractivity contribution is 0.0950. The fourth-order valence-electron chi connectivity index (χ4n) is 4.08. The topological polar surface area (TPSA) is 113 Å². The summed E-state index contributed by atoms with van der Waals surface area (Å²) in [6.07, 6.45) is 1.00. The molecule has 8 nitrogen and oxygen atoms in total. The number of piperidine rings is 1. The molecule has 0 radical (unpaired) electrons. The standard InChI is InChI=1S/C23H31N3O5S2/c1-17-11-18(2)15-26(14-17)33(30,31)22-6-4-5-21(12-22)23(27)25-13-19-7-9-20(10-8-19)16-32(28,29)24-3/h4-10,12,17-18,24H,11,13-16H2,1-3H3,(H,25,27)/t17-,18-/m1/s1. The van der Waals surface area contributed by atoms with Gasteiger partial charge in [0.25, 0.3) is 5.91 Å². The predicted molar refractivity (Wildman–Crippen MR) is 127 cm³/mol. The van der Waals surface area contributed by atoms with Crippen molar-refractivity contribution in [3.63, 3.8) is 0 Å². The van der Waals surface area contributed by atoms with Gasteiger partial charge in [-0.2, -0.15) is 4.31 Å². The molecule has 2 atom stereocenters. The summed E-state index contributed by atoms with van der Waals surface area (Å²) in [6, 6.07) is 13.0. The van der Waals surface area contributed by atoms with Gasteiger partial charge >= 0.3 is 0 Å². The van der Waals surface area contributed by atoms with Crippen LogP contribution in [0.5, 0.6) is 0 Å². The number of amides is 1. The molecule has 2 N–H and O–H groups in total. The van der Waals surface area contributed by atoms with E-state index in [1.54, 1.807) is 36.4 Å². The fraction of sp³-hybridized carbons (Fsp3) is 0.435. The molecule has 0 bridgehead atoms. The van der Waals surface area contributed by atoms with Crippen LogP contribution in [-0.4, -0.2) is 47.2 Å². The Labute approximate surface area is 196 Å². The van der Waals surface area contributed by atoms with Crippen molar-refractivity contribution in [2.24, 2.45) is 11.8 Å². The summed E-state index contributed by atoms with van der Waals surface area (Å²) in [5.74, 6) is 0.0835. The number of rotatable bonds is 8. The third-order valence-corrected chi connectivity index (χ3v) is 8.88. The van der Waals surface area contributed by atoms with E-state index in [1.807, 2.05) is 13.8 Å². The molecule has 1 heterocycles.